The predicted molar refractivity (Wildman–Crippen MR) is 181 cm³/mol. The summed E-state index contributed by atoms with van der Waals surface area (Å²) in [5.41, 5.74) is -0.0188. The second-order valence-corrected chi connectivity index (χ2v) is 12.5. The van der Waals surface area contributed by atoms with Crippen molar-refractivity contribution in [2.45, 2.75) is 39.2 Å². The minimum absolute atomic E-state index is 0.0509. The summed E-state index contributed by atoms with van der Waals surface area (Å²) in [5.74, 6) is -0.666. The third-order valence-electron chi connectivity index (χ3n) is 8.81. The zero-order chi connectivity index (χ0) is 34.5. The van der Waals surface area contributed by atoms with Crippen molar-refractivity contribution >= 4 is 34.1 Å². The van der Waals surface area contributed by atoms with E-state index in [1.807, 2.05) is 0 Å². The molecule has 1 saturated heterocycles. The Morgan fingerprint density at radius 1 is 0.980 bits per heavy atom. The topological polar surface area (TPSA) is 102 Å². The van der Waals surface area contributed by atoms with E-state index in [-0.39, 0.29) is 11.8 Å². The van der Waals surface area contributed by atoms with Gasteiger partial charge in [-0.05, 0) is 81.6 Å². The number of hydrogen-bond donors (Lipinski definition) is 1. The molecular formula is C37H40F2N4O6. The fourth-order valence-electron chi connectivity index (χ4n) is 5.95. The van der Waals surface area contributed by atoms with E-state index < -0.39 is 28.9 Å². The number of carbonyl (C=O) groups is 2. The fourth-order valence-corrected chi connectivity index (χ4v) is 5.95. The molecule has 49 heavy (non-hydrogen) atoms. The van der Waals surface area contributed by atoms with Crippen LogP contribution in [-0.4, -0.2) is 74.3 Å². The number of halogens is 2. The number of nitrogens with zero attached hydrogens (tertiary/aromatic N) is 3. The molecule has 4 aromatic rings. The highest BCUT2D eigenvalue weighted by molar-refractivity contribution is 6.17. The number of methoxy groups -OCH3 is 1. The van der Waals surface area contributed by atoms with Crippen molar-refractivity contribution in [2.24, 2.45) is 5.41 Å². The van der Waals surface area contributed by atoms with Gasteiger partial charge in [0.1, 0.15) is 17.0 Å². The van der Waals surface area contributed by atoms with Gasteiger partial charge in [0, 0.05) is 60.8 Å². The number of morpholine rings is 1. The largest absolute Gasteiger partial charge is 0.493 e. The van der Waals surface area contributed by atoms with Crippen molar-refractivity contribution in [1.29, 1.82) is 0 Å². The summed E-state index contributed by atoms with van der Waals surface area (Å²) in [5, 5.41) is 3.32. The van der Waals surface area contributed by atoms with E-state index in [0.29, 0.717) is 59.0 Å². The van der Waals surface area contributed by atoms with Crippen LogP contribution < -0.4 is 24.4 Å². The summed E-state index contributed by atoms with van der Waals surface area (Å²) < 4.78 is 52.2. The van der Waals surface area contributed by atoms with Crippen LogP contribution in [0.25, 0.3) is 10.9 Å². The van der Waals surface area contributed by atoms with Gasteiger partial charge in [-0.15, -0.1) is 0 Å². The molecule has 10 nitrogen and oxygen atoms in total. The van der Waals surface area contributed by atoms with Crippen LogP contribution in [0, 0.1) is 17.0 Å². The van der Waals surface area contributed by atoms with Crippen molar-refractivity contribution in [3.63, 3.8) is 0 Å². The highest BCUT2D eigenvalue weighted by Gasteiger charge is 2.58. The van der Waals surface area contributed by atoms with Crippen molar-refractivity contribution < 1.29 is 37.3 Å². The number of aromatic nitrogens is 1. The highest BCUT2D eigenvalue weighted by atomic mass is 19.1. The van der Waals surface area contributed by atoms with Crippen LogP contribution in [0.3, 0.4) is 0 Å². The minimum Gasteiger partial charge on any atom is -0.493 e. The molecule has 1 aliphatic heterocycles. The first-order valence-corrected chi connectivity index (χ1v) is 16.5. The molecule has 3 aromatic carbocycles. The normalized spacial score (nSPS) is 15.6. The molecule has 0 spiro atoms. The monoisotopic (exact) mass is 674 g/mol. The van der Waals surface area contributed by atoms with Gasteiger partial charge in [0.05, 0.1) is 32.4 Å². The Kier molecular flexibility index (Phi) is 10.3. The number of amides is 2. The molecule has 2 fully saturated rings. The summed E-state index contributed by atoms with van der Waals surface area (Å²) in [4.78, 5) is 35.3. The number of nitrogens with one attached hydrogen (secondary N) is 1. The lowest BCUT2D eigenvalue weighted by atomic mass is 10.0. The number of benzene rings is 3. The Balaban J connectivity index is 1.16. The quantitative estimate of drug-likeness (QED) is 0.126. The van der Waals surface area contributed by atoms with Gasteiger partial charge in [0.25, 0.3) is 0 Å². The molecule has 1 saturated carbocycles. The summed E-state index contributed by atoms with van der Waals surface area (Å²) in [7, 11) is 1.55. The molecule has 1 N–H and O–H groups in total. The van der Waals surface area contributed by atoms with Crippen molar-refractivity contribution in [3.05, 3.63) is 78.5 Å². The van der Waals surface area contributed by atoms with E-state index >= 15 is 4.39 Å². The van der Waals surface area contributed by atoms with E-state index in [1.54, 1.807) is 51.4 Å². The smallest absolute Gasteiger partial charge is 0.242 e. The van der Waals surface area contributed by atoms with Gasteiger partial charge in [0.15, 0.2) is 23.1 Å². The molecule has 6 rings (SSSR count). The zero-order valence-corrected chi connectivity index (χ0v) is 27.8. The Hall–Kier alpha value is -4.81. The average Bonchev–Trinajstić information content (AvgIpc) is 3.91. The third kappa shape index (κ3) is 7.60. The van der Waals surface area contributed by atoms with Crippen LogP contribution >= 0.6 is 0 Å². The molecule has 12 heteroatoms. The number of hydrogen-bond acceptors (Lipinski definition) is 8. The van der Waals surface area contributed by atoms with Gasteiger partial charge in [0.2, 0.25) is 11.8 Å². The number of rotatable bonds is 13. The minimum atomic E-state index is -1.29. The lowest BCUT2D eigenvalue weighted by molar-refractivity contribution is -0.132. The maximum Gasteiger partial charge on any atom is 0.242 e. The van der Waals surface area contributed by atoms with E-state index in [0.717, 1.165) is 39.3 Å². The summed E-state index contributed by atoms with van der Waals surface area (Å²) in [6, 6.07) is 14.4. The molecule has 0 radical (unpaired) electrons. The molecule has 2 amide bonds. The third-order valence-corrected chi connectivity index (χ3v) is 8.81. The number of fused-ring (bicyclic) bond motifs is 1. The highest BCUT2D eigenvalue weighted by Crippen LogP contribution is 2.49. The fraction of sp³-hybridized carbons (Fsp3) is 0.378. The second-order valence-electron chi connectivity index (χ2n) is 12.5. The lowest BCUT2D eigenvalue weighted by Gasteiger charge is -2.30. The van der Waals surface area contributed by atoms with Crippen molar-refractivity contribution in [2.75, 3.05) is 56.8 Å². The number of carbonyl (C=O) groups excluding carboxylic acids is 2. The van der Waals surface area contributed by atoms with Gasteiger partial charge in [-0.2, -0.15) is 0 Å². The second kappa shape index (κ2) is 14.8. The number of pyridine rings is 1. The van der Waals surface area contributed by atoms with E-state index in [9.17, 15) is 14.0 Å². The molecule has 1 aliphatic carbocycles. The van der Waals surface area contributed by atoms with Crippen LogP contribution in [0.2, 0.25) is 0 Å². The van der Waals surface area contributed by atoms with E-state index in [4.69, 9.17) is 18.9 Å². The molecular weight excluding hydrogens is 634 g/mol. The SMILES string of the molecule is COc1cc2c(Oc3ccc(N(C(=O)C4(C(=O)Nc5ccc(F)cc5)CC4)C(C)C)cc3F)ccnc2cc1OCCCN1CCOCC1. The molecule has 258 valence electrons. The van der Waals surface area contributed by atoms with Crippen LogP contribution in [-0.2, 0) is 14.3 Å². The van der Waals surface area contributed by atoms with Gasteiger partial charge < -0.3 is 29.2 Å². The van der Waals surface area contributed by atoms with Gasteiger partial charge in [-0.3, -0.25) is 19.5 Å². The van der Waals surface area contributed by atoms with Crippen molar-refractivity contribution in [3.8, 4) is 23.0 Å². The van der Waals surface area contributed by atoms with Gasteiger partial charge in [-0.25, -0.2) is 8.78 Å². The predicted octanol–water partition coefficient (Wildman–Crippen LogP) is 6.58. The summed E-state index contributed by atoms with van der Waals surface area (Å²) in [6.45, 7) is 8.35. The van der Waals surface area contributed by atoms with E-state index in [1.165, 1.54) is 41.3 Å². The Morgan fingerprint density at radius 3 is 2.41 bits per heavy atom. The first-order chi connectivity index (χ1) is 23.7. The van der Waals surface area contributed by atoms with Crippen LogP contribution in [0.15, 0.2) is 66.9 Å². The molecule has 2 aliphatic rings. The molecule has 2 heterocycles. The van der Waals surface area contributed by atoms with Crippen LogP contribution in [0.5, 0.6) is 23.0 Å². The van der Waals surface area contributed by atoms with E-state index in [2.05, 4.69) is 15.2 Å². The Bertz CT molecular complexity index is 1810. The van der Waals surface area contributed by atoms with Crippen molar-refractivity contribution in [1.82, 2.24) is 9.88 Å². The first kappa shape index (κ1) is 34.1. The standard InChI is InChI=1S/C37H40F2N4O6/c1-24(2)43(36(45)37(12-13-37)35(44)41-26-7-5-25(38)6-8-26)27-9-10-32(29(39)21-27)49-31-11-14-40-30-23-34(33(46-3)22-28(30)31)48-18-4-15-42-16-19-47-20-17-42/h5-11,14,21-24H,4,12-13,15-20H2,1-3H3,(H,41,44). The number of ether oxygens (including phenoxy) is 4. The summed E-state index contributed by atoms with van der Waals surface area (Å²) in [6.07, 6.45) is 3.12. The maximum absolute atomic E-state index is 15.7. The maximum atomic E-state index is 15.7. The van der Waals surface area contributed by atoms with Gasteiger partial charge >= 0.3 is 0 Å². The number of anilines is 2. The Labute approximate surface area is 283 Å². The van der Waals surface area contributed by atoms with Gasteiger partial charge in [-0.1, -0.05) is 0 Å². The van der Waals surface area contributed by atoms with Crippen LogP contribution in [0.1, 0.15) is 33.1 Å². The summed E-state index contributed by atoms with van der Waals surface area (Å²) >= 11 is 0. The molecule has 0 unspecified atom stereocenters. The molecule has 0 atom stereocenters. The average molecular weight is 675 g/mol. The first-order valence-electron chi connectivity index (χ1n) is 16.5. The Morgan fingerprint density at radius 2 is 1.73 bits per heavy atom. The molecule has 0 bridgehead atoms. The lowest BCUT2D eigenvalue weighted by Crippen LogP contribution is -2.46. The molecule has 1 aromatic heterocycles. The zero-order valence-electron chi connectivity index (χ0n) is 27.8. The van der Waals surface area contributed by atoms with Crippen LogP contribution in [0.4, 0.5) is 20.2 Å².